The fourth-order valence-corrected chi connectivity index (χ4v) is 3.78. The van der Waals surface area contributed by atoms with Crippen molar-refractivity contribution in [3.05, 3.63) is 0 Å². The highest BCUT2D eigenvalue weighted by Gasteiger charge is 2.96. The van der Waals surface area contributed by atoms with E-state index in [-0.39, 0.29) is 36.9 Å². The van der Waals surface area contributed by atoms with E-state index in [1.165, 1.54) is 0 Å². The number of hydrogen-bond acceptors (Lipinski definition) is 2. The third kappa shape index (κ3) is 6.58. The second-order valence-electron chi connectivity index (χ2n) is 7.77. The number of unbranched alkanes of at least 4 members (excludes halogenated alkanes) is 1. The minimum absolute atomic E-state index is 0. The van der Waals surface area contributed by atoms with Gasteiger partial charge in [-0.2, -0.15) is 74.6 Å². The lowest BCUT2D eigenvalue weighted by Crippen LogP contribution is -3.11. The zero-order chi connectivity index (χ0) is 31.0. The minimum atomic E-state index is -8.83. The van der Waals surface area contributed by atoms with E-state index in [4.69, 9.17) is 0 Å². The number of quaternary nitrogens is 1. The number of rotatable bonds is 15. The van der Waals surface area contributed by atoms with Crippen LogP contribution >= 0.6 is 0 Å². The average molecular weight is 754 g/mol. The molecule has 0 radical (unpaired) electrons. The Bertz CT molecular complexity index is 905. The maximum atomic E-state index is 13.9. The van der Waals surface area contributed by atoms with Crippen molar-refractivity contribution in [1.82, 2.24) is 4.72 Å². The van der Waals surface area contributed by atoms with Crippen molar-refractivity contribution in [2.75, 3.05) is 26.2 Å². The molecule has 0 saturated carbocycles. The van der Waals surface area contributed by atoms with Gasteiger partial charge in [-0.15, -0.1) is 0 Å². The molecule has 0 rings (SSSR count). The van der Waals surface area contributed by atoms with Gasteiger partial charge in [0, 0.05) is 6.54 Å². The monoisotopic (exact) mass is 754 g/mol. The Morgan fingerprint density at radius 1 is 0.564 bits per heavy atom. The van der Waals surface area contributed by atoms with Crippen LogP contribution in [-0.2, 0) is 10.0 Å². The molecule has 0 aromatic carbocycles. The van der Waals surface area contributed by atoms with Gasteiger partial charge in [-0.1, -0.05) is 0 Å². The van der Waals surface area contributed by atoms with Crippen molar-refractivity contribution in [1.29, 1.82) is 0 Å². The lowest BCUT2D eigenvalue weighted by Gasteiger charge is -2.42. The van der Waals surface area contributed by atoms with Crippen LogP contribution in [0, 0.1) is 0 Å². The highest BCUT2D eigenvalue weighted by molar-refractivity contribution is 7.90. The molecule has 0 heterocycles. The van der Waals surface area contributed by atoms with E-state index in [9.17, 15) is 83.1 Å². The first kappa shape index (κ1) is 40.5. The van der Waals surface area contributed by atoms with E-state index < -0.39 is 70.0 Å². The normalized spacial score (nSPS) is 15.5. The molecule has 0 saturated heterocycles. The van der Waals surface area contributed by atoms with E-state index in [2.05, 4.69) is 0 Å². The second-order valence-corrected chi connectivity index (χ2v) is 9.58. The zero-order valence-electron chi connectivity index (χ0n) is 19.3. The summed E-state index contributed by atoms with van der Waals surface area (Å²) in [4.78, 5) is 0.862. The maximum Gasteiger partial charge on any atom is 0.460 e. The fraction of sp³-hybridized carbons (Fsp3) is 1.00. The van der Waals surface area contributed by atoms with Gasteiger partial charge in [0.25, 0.3) is 10.0 Å². The van der Waals surface area contributed by atoms with Crippen LogP contribution in [0.3, 0.4) is 0 Å². The molecule has 0 aromatic heterocycles. The Hall–Kier alpha value is -0.590. The third-order valence-electron chi connectivity index (χ3n) is 5.28. The van der Waals surface area contributed by atoms with Crippen molar-refractivity contribution in [3.8, 4) is 0 Å². The summed E-state index contributed by atoms with van der Waals surface area (Å²) in [6.45, 7) is 3.45. The van der Waals surface area contributed by atoms with E-state index >= 15 is 0 Å². The van der Waals surface area contributed by atoms with Crippen molar-refractivity contribution in [2.45, 2.75) is 73.7 Å². The highest BCUT2D eigenvalue weighted by atomic mass is 127. The molecule has 0 aliphatic heterocycles. The van der Waals surface area contributed by atoms with Gasteiger partial charge in [0.2, 0.25) is 0 Å². The number of sulfonamides is 1. The van der Waals surface area contributed by atoms with Crippen LogP contribution in [0.5, 0.6) is 0 Å². The van der Waals surface area contributed by atoms with Crippen molar-refractivity contribution in [3.63, 3.8) is 0 Å². The quantitative estimate of drug-likeness (QED) is 0.152. The molecule has 2 N–H and O–H groups in total. The zero-order valence-corrected chi connectivity index (χ0v) is 22.2. The van der Waals surface area contributed by atoms with E-state index in [0.717, 1.165) is 4.90 Å². The molecule has 4 nitrogen and oxygen atoms in total. The van der Waals surface area contributed by atoms with Gasteiger partial charge in [-0.05, 0) is 26.7 Å². The second kappa shape index (κ2) is 12.3. The van der Waals surface area contributed by atoms with Gasteiger partial charge >= 0.3 is 47.0 Å². The standard InChI is InChI=1S/C16H19F17N2O2S.HI/c1-3-35(4-2)8-6-5-7-34-38(36,37)16(32,33)14(27,28)12(23,24)10(19,20)9(17,18)11(21,22)13(25,26)15(29,30)31;/h34H,3-8H2,1-2H3;1H. The third-order valence-corrected chi connectivity index (χ3v) is 6.80. The van der Waals surface area contributed by atoms with Crippen LogP contribution in [0.1, 0.15) is 26.7 Å². The van der Waals surface area contributed by atoms with Gasteiger partial charge in [-0.25, -0.2) is 13.1 Å². The largest absolute Gasteiger partial charge is 1.00 e. The first-order chi connectivity index (χ1) is 16.5. The van der Waals surface area contributed by atoms with Gasteiger partial charge < -0.3 is 28.9 Å². The summed E-state index contributed by atoms with van der Waals surface area (Å²) in [6, 6.07) is 0. The summed E-state index contributed by atoms with van der Waals surface area (Å²) >= 11 is 0. The summed E-state index contributed by atoms with van der Waals surface area (Å²) in [5.41, 5.74) is 0. The Kier molecular flexibility index (Phi) is 12.8. The molecule has 0 aromatic rings. The molecule has 0 amide bonds. The van der Waals surface area contributed by atoms with Crippen molar-refractivity contribution in [2.24, 2.45) is 0 Å². The molecule has 39 heavy (non-hydrogen) atoms. The predicted octanol–water partition coefficient (Wildman–Crippen LogP) is 1.58. The fourth-order valence-electron chi connectivity index (χ4n) is 2.72. The van der Waals surface area contributed by atoms with Gasteiger partial charge in [-0.3, -0.25) is 0 Å². The molecule has 0 spiro atoms. The van der Waals surface area contributed by atoms with Crippen LogP contribution in [0.2, 0.25) is 0 Å². The molecule has 0 aliphatic rings. The molecule has 0 unspecified atom stereocenters. The van der Waals surface area contributed by atoms with E-state index in [1.54, 1.807) is 13.8 Å². The van der Waals surface area contributed by atoms with Crippen LogP contribution in [-0.4, -0.2) is 81.6 Å². The summed E-state index contributed by atoms with van der Waals surface area (Å²) in [5, 5.41) is -7.52. The average Bonchev–Trinajstić information content (AvgIpc) is 2.74. The van der Waals surface area contributed by atoms with Gasteiger partial charge in [0.1, 0.15) is 0 Å². The van der Waals surface area contributed by atoms with Crippen molar-refractivity contribution < 1.29 is 112 Å². The van der Waals surface area contributed by atoms with Gasteiger partial charge in [0.15, 0.2) is 0 Å². The first-order valence-corrected chi connectivity index (χ1v) is 11.5. The molecule has 0 bridgehead atoms. The van der Waals surface area contributed by atoms with Gasteiger partial charge in [0.05, 0.1) is 19.6 Å². The summed E-state index contributed by atoms with van der Waals surface area (Å²) in [5.74, 6) is -51.5. The maximum absolute atomic E-state index is 13.9. The van der Waals surface area contributed by atoms with Crippen LogP contribution in [0.25, 0.3) is 0 Å². The summed E-state index contributed by atoms with van der Waals surface area (Å²) in [6.07, 6.45) is -8.32. The van der Waals surface area contributed by atoms with Crippen LogP contribution in [0.15, 0.2) is 0 Å². The lowest BCUT2D eigenvalue weighted by molar-refractivity contribution is -0.896. The summed E-state index contributed by atoms with van der Waals surface area (Å²) < 4.78 is 248. The van der Waals surface area contributed by atoms with E-state index in [0.29, 0.717) is 17.8 Å². The highest BCUT2D eigenvalue weighted by Crippen LogP contribution is 2.64. The van der Waals surface area contributed by atoms with E-state index in [1.807, 2.05) is 0 Å². The predicted molar refractivity (Wildman–Crippen MR) is 93.8 cm³/mol. The Balaban J connectivity index is 0. The molecule has 0 aliphatic carbocycles. The SMILES string of the molecule is CC[NH+](CC)CCCCNS(=O)(=O)C(F)(F)C(F)(F)C(F)(F)C(F)(F)C(F)(F)C(F)(F)C(F)(F)C(F)(F)F.[I-]. The molecule has 0 atom stereocenters. The number of hydrogen-bond donors (Lipinski definition) is 2. The minimum Gasteiger partial charge on any atom is -1.00 e. The Morgan fingerprint density at radius 2 is 0.897 bits per heavy atom. The smallest absolute Gasteiger partial charge is 0.460 e. The van der Waals surface area contributed by atoms with Crippen LogP contribution in [0.4, 0.5) is 74.6 Å². The Labute approximate surface area is 226 Å². The van der Waals surface area contributed by atoms with Crippen molar-refractivity contribution >= 4 is 10.0 Å². The van der Waals surface area contributed by atoms with Crippen LogP contribution < -0.4 is 33.6 Å². The molecular formula is C16H20F17IN2O2S. The number of alkyl halides is 17. The topological polar surface area (TPSA) is 50.6 Å². The summed E-state index contributed by atoms with van der Waals surface area (Å²) in [7, 11) is -7.22. The lowest BCUT2D eigenvalue weighted by atomic mass is 9.91. The number of nitrogens with one attached hydrogen (secondary N) is 2. The molecule has 0 fully saturated rings. The molecular weight excluding hydrogens is 734 g/mol. The Morgan fingerprint density at radius 3 is 1.23 bits per heavy atom. The first-order valence-electron chi connectivity index (χ1n) is 10.0. The molecule has 238 valence electrons. The molecule has 23 heteroatoms. The number of halogens is 18.